The van der Waals surface area contributed by atoms with E-state index < -0.39 is 0 Å². The van der Waals surface area contributed by atoms with Crippen molar-refractivity contribution in [1.29, 1.82) is 0 Å². The van der Waals surface area contributed by atoms with E-state index in [2.05, 4.69) is 12.0 Å². The number of carbonyl (C=O) groups is 1. The van der Waals surface area contributed by atoms with Crippen molar-refractivity contribution in [3.63, 3.8) is 0 Å². The lowest BCUT2D eigenvalue weighted by Gasteiger charge is -2.10. The van der Waals surface area contributed by atoms with Crippen LogP contribution in [0, 0.1) is 0 Å². The zero-order chi connectivity index (χ0) is 9.68. The van der Waals surface area contributed by atoms with E-state index in [0.29, 0.717) is 0 Å². The fraction of sp³-hybridized carbons (Fsp3) is 0.300. The molecule has 0 spiro atoms. The number of ether oxygens (including phenoxy) is 1. The molecular formula is C10H12O2S. The minimum Gasteiger partial charge on any atom is -0.459 e. The van der Waals surface area contributed by atoms with Gasteiger partial charge in [-0.25, -0.2) is 4.79 Å². The summed E-state index contributed by atoms with van der Waals surface area (Å²) in [6, 6.07) is 2.03. The van der Waals surface area contributed by atoms with E-state index in [0.717, 1.165) is 6.42 Å². The molecule has 13 heavy (non-hydrogen) atoms. The Morgan fingerprint density at radius 2 is 2.62 bits per heavy atom. The summed E-state index contributed by atoms with van der Waals surface area (Å²) in [6.45, 7) is 5.21. The van der Waals surface area contributed by atoms with E-state index in [1.54, 1.807) is 11.3 Å². The molecule has 0 radical (unpaired) electrons. The highest BCUT2D eigenvalue weighted by molar-refractivity contribution is 7.07. The van der Waals surface area contributed by atoms with Crippen LogP contribution < -0.4 is 0 Å². The van der Waals surface area contributed by atoms with E-state index in [1.165, 1.54) is 11.6 Å². The predicted molar refractivity (Wildman–Crippen MR) is 53.8 cm³/mol. The molecule has 70 valence electrons. The monoisotopic (exact) mass is 196 g/mol. The van der Waals surface area contributed by atoms with Crippen LogP contribution in [0.1, 0.15) is 12.5 Å². The van der Waals surface area contributed by atoms with E-state index in [4.69, 9.17) is 4.74 Å². The van der Waals surface area contributed by atoms with Crippen molar-refractivity contribution >= 4 is 17.3 Å². The Hall–Kier alpha value is -1.09. The first-order chi connectivity index (χ1) is 6.22. The van der Waals surface area contributed by atoms with Gasteiger partial charge in [-0.15, -0.1) is 0 Å². The van der Waals surface area contributed by atoms with E-state index in [1.807, 2.05) is 18.4 Å². The molecule has 0 amide bonds. The van der Waals surface area contributed by atoms with Gasteiger partial charge in [-0.2, -0.15) is 11.3 Å². The fourth-order valence-electron chi connectivity index (χ4n) is 1.03. The van der Waals surface area contributed by atoms with Crippen molar-refractivity contribution in [3.8, 4) is 0 Å². The molecule has 0 fully saturated rings. The number of rotatable bonds is 4. The molecule has 1 heterocycles. The molecular weight excluding hydrogens is 184 g/mol. The highest BCUT2D eigenvalue weighted by Gasteiger charge is 2.07. The average Bonchev–Trinajstić information content (AvgIpc) is 2.56. The first-order valence-electron chi connectivity index (χ1n) is 4.06. The summed E-state index contributed by atoms with van der Waals surface area (Å²) in [6.07, 6.45) is 1.87. The van der Waals surface area contributed by atoms with Gasteiger partial charge in [0.15, 0.2) is 0 Å². The molecule has 0 aliphatic rings. The van der Waals surface area contributed by atoms with Gasteiger partial charge in [0.2, 0.25) is 0 Å². The van der Waals surface area contributed by atoms with Crippen LogP contribution in [0.25, 0.3) is 0 Å². The maximum Gasteiger partial charge on any atom is 0.330 e. The van der Waals surface area contributed by atoms with Gasteiger partial charge >= 0.3 is 5.97 Å². The Bertz CT molecular complexity index is 277. The van der Waals surface area contributed by atoms with Crippen molar-refractivity contribution in [2.45, 2.75) is 19.4 Å². The maximum atomic E-state index is 10.8. The molecule has 0 bridgehead atoms. The zero-order valence-electron chi connectivity index (χ0n) is 7.53. The maximum absolute atomic E-state index is 10.8. The van der Waals surface area contributed by atoms with Gasteiger partial charge in [0.1, 0.15) is 6.10 Å². The Morgan fingerprint density at radius 1 is 1.85 bits per heavy atom. The zero-order valence-corrected chi connectivity index (χ0v) is 8.34. The number of hydrogen-bond acceptors (Lipinski definition) is 3. The van der Waals surface area contributed by atoms with Gasteiger partial charge in [0.05, 0.1) is 0 Å². The quantitative estimate of drug-likeness (QED) is 0.546. The summed E-state index contributed by atoms with van der Waals surface area (Å²) in [5, 5.41) is 4.07. The summed E-state index contributed by atoms with van der Waals surface area (Å²) in [7, 11) is 0. The lowest BCUT2D eigenvalue weighted by Crippen LogP contribution is -2.15. The molecule has 3 heteroatoms. The van der Waals surface area contributed by atoms with Crippen LogP contribution in [-0.4, -0.2) is 12.1 Å². The summed E-state index contributed by atoms with van der Waals surface area (Å²) >= 11 is 1.65. The Labute approximate surface area is 81.8 Å². The van der Waals surface area contributed by atoms with Gasteiger partial charge in [0.25, 0.3) is 0 Å². The van der Waals surface area contributed by atoms with E-state index >= 15 is 0 Å². The molecule has 0 aliphatic carbocycles. The first kappa shape index (κ1) is 9.99. The molecule has 2 nitrogen and oxygen atoms in total. The lowest BCUT2D eigenvalue weighted by atomic mass is 10.2. The lowest BCUT2D eigenvalue weighted by molar-refractivity contribution is -0.142. The highest BCUT2D eigenvalue weighted by atomic mass is 32.1. The third-order valence-electron chi connectivity index (χ3n) is 1.59. The minimum atomic E-state index is -0.359. The van der Waals surface area contributed by atoms with Crippen LogP contribution in [0.15, 0.2) is 29.5 Å². The molecule has 0 saturated carbocycles. The second-order valence-electron chi connectivity index (χ2n) is 2.79. The second kappa shape index (κ2) is 4.82. The van der Waals surface area contributed by atoms with Crippen molar-refractivity contribution in [2.24, 2.45) is 0 Å². The normalized spacial score (nSPS) is 12.1. The van der Waals surface area contributed by atoms with E-state index in [-0.39, 0.29) is 12.1 Å². The van der Waals surface area contributed by atoms with Crippen LogP contribution in [0.4, 0.5) is 0 Å². The van der Waals surface area contributed by atoms with Gasteiger partial charge < -0.3 is 4.74 Å². The van der Waals surface area contributed by atoms with Crippen LogP contribution in [0.2, 0.25) is 0 Å². The smallest absolute Gasteiger partial charge is 0.330 e. The first-order valence-corrected chi connectivity index (χ1v) is 5.00. The number of carbonyl (C=O) groups excluding carboxylic acids is 1. The standard InChI is InChI=1S/C10H12O2S/c1-3-10(11)12-8(2)6-9-4-5-13-7-9/h3-5,7-8H,1,6H2,2H3. The third kappa shape index (κ3) is 3.42. The summed E-state index contributed by atoms with van der Waals surface area (Å²) in [4.78, 5) is 10.8. The highest BCUT2D eigenvalue weighted by Crippen LogP contribution is 2.10. The number of esters is 1. The molecule has 1 rings (SSSR count). The van der Waals surface area contributed by atoms with Crippen molar-refractivity contribution < 1.29 is 9.53 Å². The second-order valence-corrected chi connectivity index (χ2v) is 3.57. The molecule has 0 aliphatic heterocycles. The van der Waals surface area contributed by atoms with Crippen LogP contribution in [0.5, 0.6) is 0 Å². The Balaban J connectivity index is 2.37. The number of hydrogen-bond donors (Lipinski definition) is 0. The largest absolute Gasteiger partial charge is 0.459 e. The van der Waals surface area contributed by atoms with Crippen molar-refractivity contribution in [2.75, 3.05) is 0 Å². The summed E-state index contributed by atoms with van der Waals surface area (Å²) in [5.41, 5.74) is 1.20. The van der Waals surface area contributed by atoms with Crippen molar-refractivity contribution in [3.05, 3.63) is 35.0 Å². The topological polar surface area (TPSA) is 26.3 Å². The van der Waals surface area contributed by atoms with Crippen molar-refractivity contribution in [1.82, 2.24) is 0 Å². The van der Waals surface area contributed by atoms with Crippen LogP contribution >= 0.6 is 11.3 Å². The SMILES string of the molecule is C=CC(=O)OC(C)Cc1ccsc1. The van der Waals surface area contributed by atoms with Gasteiger partial charge in [-0.3, -0.25) is 0 Å². The number of thiophene rings is 1. The molecule has 1 unspecified atom stereocenters. The van der Waals surface area contributed by atoms with Crippen LogP contribution in [0.3, 0.4) is 0 Å². The van der Waals surface area contributed by atoms with Gasteiger partial charge in [-0.1, -0.05) is 6.58 Å². The summed E-state index contributed by atoms with van der Waals surface area (Å²) in [5.74, 6) is -0.359. The van der Waals surface area contributed by atoms with E-state index in [9.17, 15) is 4.79 Å². The average molecular weight is 196 g/mol. The Kier molecular flexibility index (Phi) is 3.71. The van der Waals surface area contributed by atoms with Gasteiger partial charge in [-0.05, 0) is 29.3 Å². The molecule has 0 N–H and O–H groups in total. The predicted octanol–water partition coefficient (Wildman–Crippen LogP) is 2.41. The molecule has 1 aromatic rings. The van der Waals surface area contributed by atoms with Crippen LogP contribution in [-0.2, 0) is 16.0 Å². The third-order valence-corrected chi connectivity index (χ3v) is 2.32. The van der Waals surface area contributed by atoms with Gasteiger partial charge in [0, 0.05) is 12.5 Å². The molecule has 0 saturated heterocycles. The summed E-state index contributed by atoms with van der Waals surface area (Å²) < 4.78 is 5.02. The Morgan fingerprint density at radius 3 is 3.15 bits per heavy atom. The molecule has 0 aromatic carbocycles. The molecule has 1 aromatic heterocycles. The minimum absolute atomic E-state index is 0.0832. The molecule has 1 atom stereocenters. The fourth-order valence-corrected chi connectivity index (χ4v) is 1.71.